The predicted molar refractivity (Wildman–Crippen MR) is 119 cm³/mol. The second-order valence-electron chi connectivity index (χ2n) is 5.66. The first-order valence-corrected chi connectivity index (χ1v) is 8.61. The maximum Gasteiger partial charge on any atom is 0.251 e. The van der Waals surface area contributed by atoms with E-state index in [-0.39, 0.29) is 35.7 Å². The molecule has 3 N–H and O–H groups in total. The van der Waals surface area contributed by atoms with E-state index in [0.717, 1.165) is 5.56 Å². The molecule has 0 aliphatic rings. The molecule has 0 aliphatic carbocycles. The number of aliphatic imine (C=N–C) groups is 1. The first-order chi connectivity index (χ1) is 12.5. The molecule has 2 rings (SSSR count). The van der Waals surface area contributed by atoms with Crippen LogP contribution in [-0.2, 0) is 6.54 Å². The van der Waals surface area contributed by atoms with E-state index in [1.54, 1.807) is 26.1 Å². The smallest absolute Gasteiger partial charge is 0.251 e. The van der Waals surface area contributed by atoms with E-state index in [1.165, 1.54) is 6.07 Å². The third kappa shape index (κ3) is 7.34. The fraction of sp³-hybridized carbons (Fsp3) is 0.263. The van der Waals surface area contributed by atoms with Gasteiger partial charge in [-0.2, -0.15) is 0 Å². The molecule has 0 aromatic heterocycles. The fourth-order valence-corrected chi connectivity index (χ4v) is 2.44. The monoisotopic (exact) mass is 504 g/mol. The van der Waals surface area contributed by atoms with Crippen molar-refractivity contribution in [1.29, 1.82) is 0 Å². The zero-order valence-electron chi connectivity index (χ0n) is 15.2. The van der Waals surface area contributed by atoms with Crippen molar-refractivity contribution in [3.05, 3.63) is 70.0 Å². The van der Waals surface area contributed by atoms with Crippen molar-refractivity contribution in [2.75, 3.05) is 20.1 Å². The van der Waals surface area contributed by atoms with Crippen LogP contribution in [0.4, 0.5) is 4.39 Å². The average molecular weight is 505 g/mol. The maximum absolute atomic E-state index is 13.5. The maximum atomic E-state index is 13.5. The van der Waals surface area contributed by atoms with E-state index in [9.17, 15) is 9.18 Å². The first kappa shape index (κ1) is 23.2. The second-order valence-corrected chi connectivity index (χ2v) is 6.07. The van der Waals surface area contributed by atoms with Gasteiger partial charge in [0.2, 0.25) is 0 Å². The Bertz CT molecular complexity index is 801. The summed E-state index contributed by atoms with van der Waals surface area (Å²) in [5, 5.41) is 9.67. The Morgan fingerprint density at radius 3 is 2.48 bits per heavy atom. The van der Waals surface area contributed by atoms with Gasteiger partial charge in [0, 0.05) is 37.3 Å². The number of benzene rings is 2. The minimum Gasteiger partial charge on any atom is -0.355 e. The van der Waals surface area contributed by atoms with Gasteiger partial charge in [-0.3, -0.25) is 9.79 Å². The quantitative estimate of drug-likeness (QED) is 0.244. The molecule has 0 bridgehead atoms. The second kappa shape index (κ2) is 11.8. The van der Waals surface area contributed by atoms with Crippen LogP contribution in [0.5, 0.6) is 0 Å². The predicted octanol–water partition coefficient (Wildman–Crippen LogP) is 3.50. The molecular formula is C19H23ClFIN4O. The zero-order chi connectivity index (χ0) is 18.9. The number of amides is 1. The Morgan fingerprint density at radius 2 is 1.81 bits per heavy atom. The Hall–Kier alpha value is -1.87. The van der Waals surface area contributed by atoms with Crippen LogP contribution in [-0.4, -0.2) is 32.0 Å². The third-order valence-electron chi connectivity index (χ3n) is 3.76. The summed E-state index contributed by atoms with van der Waals surface area (Å²) < 4.78 is 13.5. The van der Waals surface area contributed by atoms with E-state index in [1.807, 2.05) is 24.3 Å². The van der Waals surface area contributed by atoms with Gasteiger partial charge >= 0.3 is 0 Å². The topological polar surface area (TPSA) is 65.5 Å². The number of nitrogens with zero attached hydrogens (tertiary/aromatic N) is 1. The number of hydrogen-bond acceptors (Lipinski definition) is 2. The Morgan fingerprint density at radius 1 is 1.11 bits per heavy atom. The fourth-order valence-electron chi connectivity index (χ4n) is 2.23. The SMILES string of the molecule is CN=C(NCCNC(=O)c1ccc(C)c(F)c1)NCc1ccccc1Cl.I. The molecule has 27 heavy (non-hydrogen) atoms. The Balaban J connectivity index is 0.00000364. The zero-order valence-corrected chi connectivity index (χ0v) is 18.3. The van der Waals surface area contributed by atoms with E-state index in [2.05, 4.69) is 20.9 Å². The van der Waals surface area contributed by atoms with Crippen LogP contribution >= 0.6 is 35.6 Å². The summed E-state index contributed by atoms with van der Waals surface area (Å²) in [4.78, 5) is 16.1. The highest BCUT2D eigenvalue weighted by atomic mass is 127. The van der Waals surface area contributed by atoms with Crippen LogP contribution in [0.15, 0.2) is 47.5 Å². The molecule has 0 saturated heterocycles. The number of rotatable bonds is 6. The van der Waals surface area contributed by atoms with Gasteiger partial charge in [-0.05, 0) is 36.2 Å². The number of nitrogens with one attached hydrogen (secondary N) is 3. The lowest BCUT2D eigenvalue weighted by Gasteiger charge is -2.13. The van der Waals surface area contributed by atoms with Crippen molar-refractivity contribution >= 4 is 47.4 Å². The summed E-state index contributed by atoms with van der Waals surface area (Å²) in [5.41, 5.74) is 1.78. The normalized spacial score (nSPS) is 10.7. The number of aryl methyl sites for hydroxylation is 1. The molecule has 0 fully saturated rings. The van der Waals surface area contributed by atoms with E-state index in [4.69, 9.17) is 11.6 Å². The van der Waals surface area contributed by atoms with Gasteiger partial charge in [0.15, 0.2) is 5.96 Å². The summed E-state index contributed by atoms with van der Waals surface area (Å²) in [5.74, 6) is -0.106. The van der Waals surface area contributed by atoms with Crippen molar-refractivity contribution in [3.63, 3.8) is 0 Å². The summed E-state index contributed by atoms with van der Waals surface area (Å²) in [6.07, 6.45) is 0. The van der Waals surface area contributed by atoms with Crippen molar-refractivity contribution < 1.29 is 9.18 Å². The molecule has 8 heteroatoms. The number of guanidine groups is 1. The van der Waals surface area contributed by atoms with E-state index in [0.29, 0.717) is 41.7 Å². The summed E-state index contributed by atoms with van der Waals surface area (Å²) in [6.45, 7) is 3.04. The summed E-state index contributed by atoms with van der Waals surface area (Å²) in [6, 6.07) is 12.0. The average Bonchev–Trinajstić information content (AvgIpc) is 2.64. The van der Waals surface area contributed by atoms with Gasteiger partial charge in [-0.15, -0.1) is 24.0 Å². The highest BCUT2D eigenvalue weighted by Crippen LogP contribution is 2.14. The van der Waals surface area contributed by atoms with Gasteiger partial charge in [0.05, 0.1) is 0 Å². The molecule has 0 unspecified atom stereocenters. The van der Waals surface area contributed by atoms with Crippen LogP contribution in [0.3, 0.4) is 0 Å². The van der Waals surface area contributed by atoms with Crippen LogP contribution in [0.2, 0.25) is 5.02 Å². The van der Waals surface area contributed by atoms with Crippen LogP contribution in [0.1, 0.15) is 21.5 Å². The molecular weight excluding hydrogens is 482 g/mol. The molecule has 0 aliphatic heterocycles. The van der Waals surface area contributed by atoms with Crippen molar-refractivity contribution in [1.82, 2.24) is 16.0 Å². The van der Waals surface area contributed by atoms with Gasteiger partial charge < -0.3 is 16.0 Å². The molecule has 5 nitrogen and oxygen atoms in total. The Labute approximate surface area is 180 Å². The number of halogens is 3. The van der Waals surface area contributed by atoms with E-state index < -0.39 is 0 Å². The molecule has 146 valence electrons. The van der Waals surface area contributed by atoms with Gasteiger partial charge in [0.25, 0.3) is 5.91 Å². The molecule has 1 amide bonds. The van der Waals surface area contributed by atoms with Crippen molar-refractivity contribution in [2.45, 2.75) is 13.5 Å². The summed E-state index contributed by atoms with van der Waals surface area (Å²) in [7, 11) is 1.66. The van der Waals surface area contributed by atoms with Crippen LogP contribution < -0.4 is 16.0 Å². The summed E-state index contributed by atoms with van der Waals surface area (Å²) >= 11 is 6.12. The standard InChI is InChI=1S/C19H22ClFN4O.HI/c1-13-7-8-14(11-17(13)21)18(26)23-9-10-24-19(22-2)25-12-15-5-3-4-6-16(15)20;/h3-8,11H,9-10,12H2,1-2H3,(H,23,26)(H2,22,24,25);1H. The molecule has 0 saturated carbocycles. The highest BCUT2D eigenvalue weighted by molar-refractivity contribution is 14.0. The third-order valence-corrected chi connectivity index (χ3v) is 4.13. The Kier molecular flexibility index (Phi) is 10.1. The lowest BCUT2D eigenvalue weighted by atomic mass is 10.1. The first-order valence-electron chi connectivity index (χ1n) is 8.23. The molecule has 0 spiro atoms. The van der Waals surface area contributed by atoms with E-state index >= 15 is 0 Å². The van der Waals surface area contributed by atoms with Crippen LogP contribution in [0, 0.1) is 12.7 Å². The highest BCUT2D eigenvalue weighted by Gasteiger charge is 2.07. The van der Waals surface area contributed by atoms with Gasteiger partial charge in [-0.1, -0.05) is 35.9 Å². The minimum absolute atomic E-state index is 0. The number of carbonyl (C=O) groups excluding carboxylic acids is 1. The molecule has 0 radical (unpaired) electrons. The lowest BCUT2D eigenvalue weighted by molar-refractivity contribution is 0.0954. The van der Waals surface area contributed by atoms with Gasteiger partial charge in [-0.25, -0.2) is 4.39 Å². The molecule has 2 aromatic rings. The number of carbonyl (C=O) groups is 1. The minimum atomic E-state index is -0.389. The lowest BCUT2D eigenvalue weighted by Crippen LogP contribution is -2.41. The molecule has 0 heterocycles. The largest absolute Gasteiger partial charge is 0.355 e. The van der Waals surface area contributed by atoms with Crippen LogP contribution in [0.25, 0.3) is 0 Å². The molecule has 2 aromatic carbocycles. The van der Waals surface area contributed by atoms with Gasteiger partial charge in [0.1, 0.15) is 5.82 Å². The van der Waals surface area contributed by atoms with Crippen molar-refractivity contribution in [3.8, 4) is 0 Å². The molecule has 0 atom stereocenters. The van der Waals surface area contributed by atoms with Crippen molar-refractivity contribution in [2.24, 2.45) is 4.99 Å². The number of hydrogen-bond donors (Lipinski definition) is 3.